The highest BCUT2D eigenvalue weighted by Gasteiger charge is 2.11. The van der Waals surface area contributed by atoms with Crippen LogP contribution in [0, 0.1) is 6.92 Å². The summed E-state index contributed by atoms with van der Waals surface area (Å²) in [4.78, 5) is 23.4. The minimum atomic E-state index is -2.96. The maximum Gasteiger partial charge on any atom is 0.387 e. The summed E-state index contributed by atoms with van der Waals surface area (Å²) in [6, 6.07) is 9.55. The van der Waals surface area contributed by atoms with Gasteiger partial charge in [0.15, 0.2) is 11.5 Å². The lowest BCUT2D eigenvalue weighted by Crippen LogP contribution is -2.10. The molecule has 2 aromatic carbocycles. The summed E-state index contributed by atoms with van der Waals surface area (Å²) in [5.74, 6) is -0.517. The van der Waals surface area contributed by atoms with Crippen molar-refractivity contribution >= 4 is 29.3 Å². The summed E-state index contributed by atoms with van der Waals surface area (Å²) < 4.78 is 34.6. The number of carbonyl (C=O) groups is 2. The molecule has 2 rings (SSSR count). The first-order chi connectivity index (χ1) is 13.8. The summed E-state index contributed by atoms with van der Waals surface area (Å²) in [6.07, 6.45) is 2.82. The minimum Gasteiger partial charge on any atom is -0.490 e. The van der Waals surface area contributed by atoms with Crippen molar-refractivity contribution < 1.29 is 27.8 Å². The van der Waals surface area contributed by atoms with E-state index in [9.17, 15) is 18.4 Å². The molecule has 0 fully saturated rings. The Morgan fingerprint density at radius 1 is 1.10 bits per heavy atom. The van der Waals surface area contributed by atoms with Gasteiger partial charge in [0.1, 0.15) is 0 Å². The molecule has 2 amide bonds. The second-order valence-electron chi connectivity index (χ2n) is 6.05. The van der Waals surface area contributed by atoms with Gasteiger partial charge < -0.3 is 20.1 Å². The third-order valence-corrected chi connectivity index (χ3v) is 3.73. The second-order valence-corrected chi connectivity index (χ2v) is 6.05. The number of rotatable bonds is 8. The fourth-order valence-electron chi connectivity index (χ4n) is 2.47. The standard InChI is InChI=1S/C21H22F2N2O4/c1-4-28-19-11-15(6-9-18(19)29-21(22)23)7-10-20(27)25-16-8-5-13(2)17(12-16)24-14(3)26/h5-12,21H,4H2,1-3H3,(H,24,26)(H,25,27)/b10-7+. The van der Waals surface area contributed by atoms with E-state index < -0.39 is 12.5 Å². The Morgan fingerprint density at radius 3 is 2.52 bits per heavy atom. The molecule has 0 aliphatic carbocycles. The number of hydrogen-bond donors (Lipinski definition) is 2. The summed E-state index contributed by atoms with van der Waals surface area (Å²) in [7, 11) is 0. The molecule has 154 valence electrons. The normalized spacial score (nSPS) is 10.8. The van der Waals surface area contributed by atoms with Crippen molar-refractivity contribution in [3.8, 4) is 11.5 Å². The minimum absolute atomic E-state index is 0.0754. The molecule has 0 aromatic heterocycles. The van der Waals surface area contributed by atoms with Gasteiger partial charge in [0.2, 0.25) is 11.8 Å². The zero-order valence-corrected chi connectivity index (χ0v) is 16.3. The third kappa shape index (κ3) is 6.91. The number of halogens is 2. The molecule has 0 bridgehead atoms. The van der Waals surface area contributed by atoms with Gasteiger partial charge in [-0.15, -0.1) is 0 Å². The molecule has 29 heavy (non-hydrogen) atoms. The molecule has 0 saturated carbocycles. The monoisotopic (exact) mass is 404 g/mol. The average Bonchev–Trinajstić information content (AvgIpc) is 2.64. The van der Waals surface area contributed by atoms with Crippen molar-refractivity contribution in [1.29, 1.82) is 0 Å². The van der Waals surface area contributed by atoms with Gasteiger partial charge in [0, 0.05) is 24.4 Å². The predicted octanol–water partition coefficient (Wildman–Crippen LogP) is 4.61. The molecule has 2 aromatic rings. The highest BCUT2D eigenvalue weighted by molar-refractivity contribution is 6.02. The van der Waals surface area contributed by atoms with E-state index in [0.717, 1.165) is 5.56 Å². The average molecular weight is 404 g/mol. The fourth-order valence-corrected chi connectivity index (χ4v) is 2.47. The van der Waals surface area contributed by atoms with Crippen LogP contribution in [0.15, 0.2) is 42.5 Å². The van der Waals surface area contributed by atoms with Crippen molar-refractivity contribution in [1.82, 2.24) is 0 Å². The van der Waals surface area contributed by atoms with Gasteiger partial charge in [-0.1, -0.05) is 12.1 Å². The van der Waals surface area contributed by atoms with E-state index in [0.29, 0.717) is 16.9 Å². The molecule has 0 unspecified atom stereocenters. The van der Waals surface area contributed by atoms with E-state index in [1.54, 1.807) is 25.1 Å². The van der Waals surface area contributed by atoms with Gasteiger partial charge in [-0.05, 0) is 55.3 Å². The molecule has 0 aliphatic rings. The smallest absolute Gasteiger partial charge is 0.387 e. The van der Waals surface area contributed by atoms with Crippen LogP contribution in [-0.4, -0.2) is 25.0 Å². The molecule has 6 nitrogen and oxygen atoms in total. The first-order valence-electron chi connectivity index (χ1n) is 8.87. The molecule has 0 atom stereocenters. The van der Waals surface area contributed by atoms with Gasteiger partial charge in [0.05, 0.1) is 6.61 Å². The summed E-state index contributed by atoms with van der Waals surface area (Å²) in [6.45, 7) is 2.28. The maximum atomic E-state index is 12.5. The van der Waals surface area contributed by atoms with E-state index in [-0.39, 0.29) is 24.0 Å². The highest BCUT2D eigenvalue weighted by Crippen LogP contribution is 2.30. The number of nitrogens with one attached hydrogen (secondary N) is 2. The van der Waals surface area contributed by atoms with Crippen LogP contribution in [0.3, 0.4) is 0 Å². The quantitative estimate of drug-likeness (QED) is 0.630. The van der Waals surface area contributed by atoms with Gasteiger partial charge >= 0.3 is 6.61 Å². The topological polar surface area (TPSA) is 76.7 Å². The zero-order chi connectivity index (χ0) is 21.4. The van der Waals surface area contributed by atoms with E-state index in [1.165, 1.54) is 37.3 Å². The lowest BCUT2D eigenvalue weighted by molar-refractivity contribution is -0.114. The summed E-state index contributed by atoms with van der Waals surface area (Å²) in [5.41, 5.74) is 2.57. The van der Waals surface area contributed by atoms with Crippen molar-refractivity contribution in [3.05, 3.63) is 53.6 Å². The number of amides is 2. The Morgan fingerprint density at radius 2 is 1.86 bits per heavy atom. The van der Waals surface area contributed by atoms with Crippen LogP contribution >= 0.6 is 0 Å². The number of anilines is 2. The van der Waals surface area contributed by atoms with Crippen molar-refractivity contribution in [2.45, 2.75) is 27.4 Å². The lowest BCUT2D eigenvalue weighted by atomic mass is 10.1. The van der Waals surface area contributed by atoms with Crippen molar-refractivity contribution in [2.24, 2.45) is 0 Å². The largest absolute Gasteiger partial charge is 0.490 e. The molecular weight excluding hydrogens is 382 g/mol. The molecule has 0 aliphatic heterocycles. The van der Waals surface area contributed by atoms with Crippen LogP contribution < -0.4 is 20.1 Å². The highest BCUT2D eigenvalue weighted by atomic mass is 19.3. The number of hydrogen-bond acceptors (Lipinski definition) is 4. The molecule has 0 saturated heterocycles. The van der Waals surface area contributed by atoms with Gasteiger partial charge in [-0.25, -0.2) is 0 Å². The first-order valence-corrected chi connectivity index (χ1v) is 8.87. The number of aryl methyl sites for hydroxylation is 1. The van der Waals surface area contributed by atoms with Crippen LogP contribution in [0.4, 0.5) is 20.2 Å². The number of benzene rings is 2. The Balaban J connectivity index is 2.10. The lowest BCUT2D eigenvalue weighted by Gasteiger charge is -2.11. The summed E-state index contributed by atoms with van der Waals surface area (Å²) >= 11 is 0. The van der Waals surface area contributed by atoms with Crippen molar-refractivity contribution in [3.63, 3.8) is 0 Å². The fraction of sp³-hybridized carbons (Fsp3) is 0.238. The van der Waals surface area contributed by atoms with Crippen LogP contribution in [0.1, 0.15) is 25.0 Å². The van der Waals surface area contributed by atoms with E-state index in [2.05, 4.69) is 15.4 Å². The molecule has 0 spiro atoms. The van der Waals surface area contributed by atoms with Gasteiger partial charge in [-0.3, -0.25) is 9.59 Å². The van der Waals surface area contributed by atoms with Gasteiger partial charge in [-0.2, -0.15) is 8.78 Å². The van der Waals surface area contributed by atoms with Crippen molar-refractivity contribution in [2.75, 3.05) is 17.2 Å². The maximum absolute atomic E-state index is 12.5. The number of alkyl halides is 2. The molecule has 8 heteroatoms. The van der Waals surface area contributed by atoms with E-state index in [1.807, 2.05) is 6.92 Å². The number of ether oxygens (including phenoxy) is 2. The van der Waals surface area contributed by atoms with E-state index in [4.69, 9.17) is 4.74 Å². The van der Waals surface area contributed by atoms with Crippen LogP contribution in [-0.2, 0) is 9.59 Å². The Bertz CT molecular complexity index is 914. The molecular formula is C21H22F2N2O4. The number of carbonyl (C=O) groups excluding carboxylic acids is 2. The predicted molar refractivity (Wildman–Crippen MR) is 107 cm³/mol. The van der Waals surface area contributed by atoms with Gasteiger partial charge in [0.25, 0.3) is 0 Å². The van der Waals surface area contributed by atoms with Crippen LogP contribution in [0.25, 0.3) is 6.08 Å². The third-order valence-electron chi connectivity index (χ3n) is 3.73. The Labute approximate surface area is 167 Å². The Hall–Kier alpha value is -3.42. The molecule has 0 radical (unpaired) electrons. The molecule has 0 heterocycles. The first kappa shape index (κ1) is 21.9. The SMILES string of the molecule is CCOc1cc(/C=C/C(=O)Nc2ccc(C)c(NC(C)=O)c2)ccc1OC(F)F. The summed E-state index contributed by atoms with van der Waals surface area (Å²) in [5, 5.41) is 5.39. The van der Waals surface area contributed by atoms with Crippen LogP contribution in [0.5, 0.6) is 11.5 Å². The van der Waals surface area contributed by atoms with Crippen LogP contribution in [0.2, 0.25) is 0 Å². The second kappa shape index (κ2) is 10.2. The van der Waals surface area contributed by atoms with E-state index >= 15 is 0 Å². The Kier molecular flexibility index (Phi) is 7.70. The molecule has 2 N–H and O–H groups in total. The zero-order valence-electron chi connectivity index (χ0n) is 16.3.